The van der Waals surface area contributed by atoms with E-state index < -0.39 is 11.0 Å². The van der Waals surface area contributed by atoms with Crippen molar-refractivity contribution in [2.75, 3.05) is 5.32 Å². The zero-order chi connectivity index (χ0) is 12.6. The molecular weight excluding hydrogens is 206 g/mol. The highest BCUT2D eigenvalue weighted by Crippen LogP contribution is 2.29. The van der Waals surface area contributed by atoms with Crippen molar-refractivity contribution in [3.8, 4) is 0 Å². The molecule has 0 aromatic carbocycles. The van der Waals surface area contributed by atoms with Crippen LogP contribution >= 0.6 is 0 Å². The Morgan fingerprint density at radius 3 is 2.38 bits per heavy atom. The molecule has 0 atom stereocenters. The van der Waals surface area contributed by atoms with Crippen molar-refractivity contribution in [1.29, 1.82) is 0 Å². The first-order chi connectivity index (χ1) is 7.14. The van der Waals surface area contributed by atoms with Crippen molar-refractivity contribution in [2.45, 2.75) is 40.2 Å². The van der Waals surface area contributed by atoms with Gasteiger partial charge in [-0.05, 0) is 34.6 Å². The van der Waals surface area contributed by atoms with Gasteiger partial charge in [0, 0.05) is 11.6 Å². The quantitative estimate of drug-likeness (QED) is 0.820. The average Bonchev–Trinajstić information content (AvgIpc) is 2.49. The monoisotopic (exact) mass is 225 g/mol. The van der Waals surface area contributed by atoms with Crippen LogP contribution in [0, 0.1) is 12.3 Å². The number of carbonyl (C=O) groups excluding carboxylic acids is 1. The molecule has 1 heterocycles. The fraction of sp³-hybridized carbons (Fsp3) is 0.636. The summed E-state index contributed by atoms with van der Waals surface area (Å²) in [6.45, 7) is 9.01. The summed E-state index contributed by atoms with van der Waals surface area (Å²) in [7, 11) is 0. The average molecular weight is 225 g/mol. The number of hydrogen-bond donors (Lipinski definition) is 2. The summed E-state index contributed by atoms with van der Waals surface area (Å²) in [6.07, 6.45) is 0. The molecule has 1 amide bonds. The first-order valence-electron chi connectivity index (χ1n) is 5.18. The van der Waals surface area contributed by atoms with Crippen LogP contribution in [-0.2, 0) is 4.79 Å². The number of carbonyl (C=O) groups is 1. The zero-order valence-corrected chi connectivity index (χ0v) is 10.4. The van der Waals surface area contributed by atoms with Crippen LogP contribution in [0.1, 0.15) is 33.5 Å². The van der Waals surface area contributed by atoms with E-state index in [2.05, 4.69) is 10.5 Å². The van der Waals surface area contributed by atoms with Gasteiger partial charge >= 0.3 is 0 Å². The lowest BCUT2D eigenvalue weighted by molar-refractivity contribution is -0.126. The summed E-state index contributed by atoms with van der Waals surface area (Å²) >= 11 is 0. The standard InChI is InChI=1S/C11H19N3O2/c1-7-6-8(14-16-7)13-9(15)10(2,3)11(4,5)12/h6H,12H2,1-5H3,(H,13,14,15). The smallest absolute Gasteiger partial charge is 0.233 e. The van der Waals surface area contributed by atoms with E-state index in [0.29, 0.717) is 11.6 Å². The Balaban J connectivity index is 2.80. The molecule has 0 aliphatic rings. The SMILES string of the molecule is Cc1cc(NC(=O)C(C)(C)C(C)(C)N)no1. The van der Waals surface area contributed by atoms with Gasteiger partial charge in [0.25, 0.3) is 0 Å². The van der Waals surface area contributed by atoms with Crippen LogP contribution in [0.3, 0.4) is 0 Å². The highest BCUT2D eigenvalue weighted by atomic mass is 16.5. The number of aryl methyl sites for hydroxylation is 1. The maximum atomic E-state index is 12.0. The Hall–Kier alpha value is -1.36. The maximum absolute atomic E-state index is 12.0. The summed E-state index contributed by atoms with van der Waals surface area (Å²) in [5, 5.41) is 6.39. The Morgan fingerprint density at radius 1 is 1.44 bits per heavy atom. The highest BCUT2D eigenvalue weighted by Gasteiger charge is 2.40. The van der Waals surface area contributed by atoms with E-state index in [1.165, 1.54) is 0 Å². The lowest BCUT2D eigenvalue weighted by atomic mass is 9.74. The van der Waals surface area contributed by atoms with Crippen LogP contribution in [0.2, 0.25) is 0 Å². The van der Waals surface area contributed by atoms with Crippen molar-refractivity contribution in [1.82, 2.24) is 5.16 Å². The molecule has 0 aliphatic heterocycles. The molecule has 16 heavy (non-hydrogen) atoms. The number of anilines is 1. The Labute approximate surface area is 95.4 Å². The van der Waals surface area contributed by atoms with Crippen LogP contribution in [0.5, 0.6) is 0 Å². The largest absolute Gasteiger partial charge is 0.360 e. The molecule has 0 radical (unpaired) electrons. The van der Waals surface area contributed by atoms with Crippen LogP contribution in [0.4, 0.5) is 5.82 Å². The molecule has 0 saturated carbocycles. The van der Waals surface area contributed by atoms with Gasteiger partial charge in [0.2, 0.25) is 5.91 Å². The maximum Gasteiger partial charge on any atom is 0.233 e. The Bertz CT molecular complexity index is 388. The lowest BCUT2D eigenvalue weighted by Crippen LogP contribution is -2.53. The van der Waals surface area contributed by atoms with Gasteiger partial charge in [0.15, 0.2) is 5.82 Å². The van der Waals surface area contributed by atoms with Crippen molar-refractivity contribution in [3.05, 3.63) is 11.8 Å². The molecule has 0 spiro atoms. The van der Waals surface area contributed by atoms with Gasteiger partial charge in [-0.1, -0.05) is 5.16 Å². The molecule has 3 N–H and O–H groups in total. The molecule has 1 aromatic heterocycles. The van der Waals surface area contributed by atoms with Gasteiger partial charge in [0.1, 0.15) is 5.76 Å². The van der Waals surface area contributed by atoms with E-state index in [1.54, 1.807) is 26.8 Å². The number of nitrogens with one attached hydrogen (secondary N) is 1. The summed E-state index contributed by atoms with van der Waals surface area (Å²) in [5.41, 5.74) is 4.66. The zero-order valence-electron chi connectivity index (χ0n) is 10.4. The van der Waals surface area contributed by atoms with Crippen LogP contribution < -0.4 is 11.1 Å². The van der Waals surface area contributed by atoms with Crippen LogP contribution in [0.15, 0.2) is 10.6 Å². The van der Waals surface area contributed by atoms with Gasteiger partial charge in [-0.15, -0.1) is 0 Å². The normalized spacial score (nSPS) is 12.6. The summed E-state index contributed by atoms with van der Waals surface area (Å²) in [5.74, 6) is 0.897. The third kappa shape index (κ3) is 2.41. The second-order valence-corrected chi connectivity index (χ2v) is 5.12. The van der Waals surface area contributed by atoms with E-state index in [0.717, 1.165) is 0 Å². The fourth-order valence-electron chi connectivity index (χ4n) is 0.990. The molecular formula is C11H19N3O2. The number of nitrogens with zero attached hydrogens (tertiary/aromatic N) is 1. The van der Waals surface area contributed by atoms with Crippen molar-refractivity contribution in [3.63, 3.8) is 0 Å². The van der Waals surface area contributed by atoms with Crippen molar-refractivity contribution < 1.29 is 9.32 Å². The van der Waals surface area contributed by atoms with Crippen LogP contribution in [0.25, 0.3) is 0 Å². The topological polar surface area (TPSA) is 81.2 Å². The second kappa shape index (κ2) is 3.90. The molecule has 5 heteroatoms. The predicted octanol–water partition coefficient (Wildman–Crippen LogP) is 1.69. The minimum absolute atomic E-state index is 0.173. The number of amides is 1. The molecule has 0 fully saturated rings. The minimum atomic E-state index is -0.695. The van der Waals surface area contributed by atoms with Gasteiger partial charge in [-0.3, -0.25) is 4.79 Å². The van der Waals surface area contributed by atoms with Crippen molar-refractivity contribution in [2.24, 2.45) is 11.1 Å². The van der Waals surface area contributed by atoms with Gasteiger partial charge in [0.05, 0.1) is 5.41 Å². The number of rotatable bonds is 3. The van der Waals surface area contributed by atoms with Gasteiger partial charge in [-0.25, -0.2) is 0 Å². The molecule has 0 bridgehead atoms. The van der Waals surface area contributed by atoms with E-state index in [1.807, 2.05) is 13.8 Å². The lowest BCUT2D eigenvalue weighted by Gasteiger charge is -2.36. The Morgan fingerprint density at radius 2 is 2.00 bits per heavy atom. The van der Waals surface area contributed by atoms with Gasteiger partial charge in [-0.2, -0.15) is 0 Å². The van der Waals surface area contributed by atoms with Crippen molar-refractivity contribution >= 4 is 11.7 Å². The summed E-state index contributed by atoms with van der Waals surface area (Å²) < 4.78 is 4.87. The molecule has 5 nitrogen and oxygen atoms in total. The minimum Gasteiger partial charge on any atom is -0.360 e. The second-order valence-electron chi connectivity index (χ2n) is 5.12. The third-order valence-electron chi connectivity index (χ3n) is 3.05. The molecule has 90 valence electrons. The molecule has 0 unspecified atom stereocenters. The number of nitrogens with two attached hydrogens (primary N) is 1. The molecule has 0 saturated heterocycles. The van der Waals surface area contributed by atoms with E-state index in [4.69, 9.17) is 10.3 Å². The third-order valence-corrected chi connectivity index (χ3v) is 3.05. The predicted molar refractivity (Wildman–Crippen MR) is 61.9 cm³/mol. The highest BCUT2D eigenvalue weighted by molar-refractivity contribution is 5.94. The van der Waals surface area contributed by atoms with Crippen LogP contribution in [-0.4, -0.2) is 16.6 Å². The van der Waals surface area contributed by atoms with E-state index in [-0.39, 0.29) is 5.91 Å². The Kier molecular flexibility index (Phi) is 3.10. The van der Waals surface area contributed by atoms with E-state index >= 15 is 0 Å². The first-order valence-corrected chi connectivity index (χ1v) is 5.18. The fourth-order valence-corrected chi connectivity index (χ4v) is 0.990. The van der Waals surface area contributed by atoms with E-state index in [9.17, 15) is 4.79 Å². The number of hydrogen-bond acceptors (Lipinski definition) is 4. The first kappa shape index (κ1) is 12.7. The van der Waals surface area contributed by atoms with Gasteiger partial charge < -0.3 is 15.6 Å². The summed E-state index contributed by atoms with van der Waals surface area (Å²) in [4.78, 5) is 12.0. The molecule has 1 aromatic rings. The number of aromatic nitrogens is 1. The molecule has 0 aliphatic carbocycles. The summed E-state index contributed by atoms with van der Waals surface area (Å²) in [6, 6.07) is 1.66. The molecule has 1 rings (SSSR count).